The number of ether oxygens (including phenoxy) is 1. The molecule has 1 aromatic carbocycles. The van der Waals surface area contributed by atoms with Gasteiger partial charge in [0.05, 0.1) is 12.5 Å². The standard InChI is InChI=1S/C15H22O5/c1-4-11(3)14(18)20-9-15(19,8-16)12-6-5-10(2)7-13(12)17/h5-7,11,16-17,19H,4,8-9H2,1-3H3/t11-,15-/m1/s1. The molecular formula is C15H22O5. The predicted molar refractivity (Wildman–Crippen MR) is 74.2 cm³/mol. The number of rotatable bonds is 6. The number of carbonyl (C=O) groups is 1. The van der Waals surface area contributed by atoms with Crippen LogP contribution in [0, 0.1) is 12.8 Å². The van der Waals surface area contributed by atoms with Gasteiger partial charge in [-0.05, 0) is 25.0 Å². The van der Waals surface area contributed by atoms with E-state index in [0.29, 0.717) is 6.42 Å². The Morgan fingerprint density at radius 2 is 2.10 bits per heavy atom. The monoisotopic (exact) mass is 282 g/mol. The van der Waals surface area contributed by atoms with Gasteiger partial charge in [-0.3, -0.25) is 4.79 Å². The van der Waals surface area contributed by atoms with Gasteiger partial charge in [-0.1, -0.05) is 26.0 Å². The molecule has 0 saturated carbocycles. The highest BCUT2D eigenvalue weighted by Crippen LogP contribution is 2.30. The first-order valence-corrected chi connectivity index (χ1v) is 6.64. The van der Waals surface area contributed by atoms with Crippen molar-refractivity contribution in [3.63, 3.8) is 0 Å². The molecule has 2 atom stereocenters. The Bertz CT molecular complexity index is 471. The molecule has 5 nitrogen and oxygen atoms in total. The van der Waals surface area contributed by atoms with Gasteiger partial charge in [0.2, 0.25) is 0 Å². The maximum atomic E-state index is 11.6. The number of aliphatic hydroxyl groups excluding tert-OH is 1. The van der Waals surface area contributed by atoms with Crippen LogP contribution < -0.4 is 0 Å². The summed E-state index contributed by atoms with van der Waals surface area (Å²) in [5, 5.41) is 29.6. The molecule has 0 fully saturated rings. The molecule has 112 valence electrons. The molecule has 0 unspecified atom stereocenters. The van der Waals surface area contributed by atoms with Crippen molar-refractivity contribution in [1.29, 1.82) is 0 Å². The van der Waals surface area contributed by atoms with Gasteiger partial charge in [0, 0.05) is 5.56 Å². The van der Waals surface area contributed by atoms with E-state index in [4.69, 9.17) is 4.74 Å². The number of phenolic OH excluding ortho intramolecular Hbond substituents is 1. The van der Waals surface area contributed by atoms with Crippen LogP contribution in [0.5, 0.6) is 5.75 Å². The first kappa shape index (κ1) is 16.5. The van der Waals surface area contributed by atoms with Crippen LogP contribution in [-0.4, -0.2) is 34.5 Å². The fourth-order valence-electron chi connectivity index (χ4n) is 1.74. The molecule has 0 radical (unpaired) electrons. The molecular weight excluding hydrogens is 260 g/mol. The summed E-state index contributed by atoms with van der Waals surface area (Å²) in [7, 11) is 0. The second-order valence-corrected chi connectivity index (χ2v) is 5.13. The molecule has 0 spiro atoms. The van der Waals surface area contributed by atoms with Crippen LogP contribution in [0.2, 0.25) is 0 Å². The molecule has 0 saturated heterocycles. The molecule has 5 heteroatoms. The van der Waals surface area contributed by atoms with E-state index in [-0.39, 0.29) is 17.2 Å². The Kier molecular flexibility index (Phi) is 5.53. The van der Waals surface area contributed by atoms with E-state index in [2.05, 4.69) is 0 Å². The number of hydrogen-bond donors (Lipinski definition) is 3. The number of aryl methyl sites for hydroxylation is 1. The van der Waals surface area contributed by atoms with Crippen molar-refractivity contribution in [1.82, 2.24) is 0 Å². The van der Waals surface area contributed by atoms with Crippen molar-refractivity contribution in [2.75, 3.05) is 13.2 Å². The van der Waals surface area contributed by atoms with Crippen molar-refractivity contribution < 1.29 is 24.9 Å². The predicted octanol–water partition coefficient (Wildman–Crippen LogP) is 1.47. The minimum atomic E-state index is -1.80. The molecule has 3 N–H and O–H groups in total. The quantitative estimate of drug-likeness (QED) is 0.688. The Balaban J connectivity index is 2.89. The molecule has 0 aliphatic rings. The Hall–Kier alpha value is -1.59. The summed E-state index contributed by atoms with van der Waals surface area (Å²) >= 11 is 0. The smallest absolute Gasteiger partial charge is 0.308 e. The molecule has 1 aromatic rings. The minimum absolute atomic E-state index is 0.138. The lowest BCUT2D eigenvalue weighted by molar-refractivity contribution is -0.159. The van der Waals surface area contributed by atoms with Crippen molar-refractivity contribution in [2.24, 2.45) is 5.92 Å². The maximum Gasteiger partial charge on any atom is 0.308 e. The summed E-state index contributed by atoms with van der Waals surface area (Å²) < 4.78 is 5.03. The van der Waals surface area contributed by atoms with Gasteiger partial charge in [-0.2, -0.15) is 0 Å². The zero-order valence-corrected chi connectivity index (χ0v) is 12.1. The summed E-state index contributed by atoms with van der Waals surface area (Å²) in [6.45, 7) is 4.32. The highest BCUT2D eigenvalue weighted by molar-refractivity contribution is 5.72. The number of hydrogen-bond acceptors (Lipinski definition) is 5. The Labute approximate surface area is 118 Å². The van der Waals surface area contributed by atoms with E-state index in [1.165, 1.54) is 12.1 Å². The van der Waals surface area contributed by atoms with E-state index < -0.39 is 24.8 Å². The molecule has 0 aromatic heterocycles. The lowest BCUT2D eigenvalue weighted by atomic mass is 9.93. The van der Waals surface area contributed by atoms with Crippen molar-refractivity contribution in [3.8, 4) is 5.75 Å². The van der Waals surface area contributed by atoms with E-state index >= 15 is 0 Å². The number of aliphatic hydroxyl groups is 2. The van der Waals surface area contributed by atoms with Gasteiger partial charge in [0.1, 0.15) is 18.0 Å². The lowest BCUT2D eigenvalue weighted by Gasteiger charge is -2.27. The zero-order valence-electron chi connectivity index (χ0n) is 12.1. The molecule has 0 heterocycles. The number of aromatic hydroxyl groups is 1. The molecule has 0 aliphatic carbocycles. The van der Waals surface area contributed by atoms with Crippen LogP contribution in [0.4, 0.5) is 0 Å². The summed E-state index contributed by atoms with van der Waals surface area (Å²) in [5.74, 6) is -0.850. The van der Waals surface area contributed by atoms with Crippen molar-refractivity contribution in [2.45, 2.75) is 32.8 Å². The van der Waals surface area contributed by atoms with Crippen LogP contribution in [0.1, 0.15) is 31.4 Å². The first-order chi connectivity index (χ1) is 9.34. The third-order valence-electron chi connectivity index (χ3n) is 3.38. The summed E-state index contributed by atoms with van der Waals surface area (Å²) in [6.07, 6.45) is 0.631. The largest absolute Gasteiger partial charge is 0.508 e. The SMILES string of the molecule is CC[C@@H](C)C(=O)OC[C@](O)(CO)c1ccc(C)cc1O. The van der Waals surface area contributed by atoms with E-state index in [1.807, 2.05) is 6.92 Å². The van der Waals surface area contributed by atoms with Gasteiger partial charge in [-0.15, -0.1) is 0 Å². The molecule has 0 amide bonds. The summed E-state index contributed by atoms with van der Waals surface area (Å²) in [6, 6.07) is 4.69. The van der Waals surface area contributed by atoms with Crippen LogP contribution in [0.3, 0.4) is 0 Å². The number of phenols is 1. The van der Waals surface area contributed by atoms with E-state index in [9.17, 15) is 20.1 Å². The molecule has 0 aliphatic heterocycles. The minimum Gasteiger partial charge on any atom is -0.508 e. The highest BCUT2D eigenvalue weighted by atomic mass is 16.5. The summed E-state index contributed by atoms with van der Waals surface area (Å²) in [5.41, 5.74) is -0.841. The second-order valence-electron chi connectivity index (χ2n) is 5.13. The third kappa shape index (κ3) is 3.71. The van der Waals surface area contributed by atoms with Crippen molar-refractivity contribution in [3.05, 3.63) is 29.3 Å². The van der Waals surface area contributed by atoms with Gasteiger partial charge in [0.15, 0.2) is 0 Å². The second kappa shape index (κ2) is 6.72. The van der Waals surface area contributed by atoms with Crippen LogP contribution in [0.25, 0.3) is 0 Å². The highest BCUT2D eigenvalue weighted by Gasteiger charge is 2.33. The van der Waals surface area contributed by atoms with Gasteiger partial charge >= 0.3 is 5.97 Å². The fraction of sp³-hybridized carbons (Fsp3) is 0.533. The van der Waals surface area contributed by atoms with Crippen molar-refractivity contribution >= 4 is 5.97 Å². The number of esters is 1. The van der Waals surface area contributed by atoms with Gasteiger partial charge < -0.3 is 20.1 Å². The molecule has 1 rings (SSSR count). The van der Waals surface area contributed by atoms with Crippen LogP contribution in [0.15, 0.2) is 18.2 Å². The normalized spacial score (nSPS) is 15.4. The Morgan fingerprint density at radius 1 is 1.45 bits per heavy atom. The maximum absolute atomic E-state index is 11.6. The number of carbonyl (C=O) groups excluding carboxylic acids is 1. The molecule has 0 bridgehead atoms. The van der Waals surface area contributed by atoms with Crippen LogP contribution >= 0.6 is 0 Å². The van der Waals surface area contributed by atoms with E-state index in [0.717, 1.165) is 5.56 Å². The van der Waals surface area contributed by atoms with Gasteiger partial charge in [-0.25, -0.2) is 0 Å². The third-order valence-corrected chi connectivity index (χ3v) is 3.38. The number of benzene rings is 1. The fourth-order valence-corrected chi connectivity index (χ4v) is 1.74. The topological polar surface area (TPSA) is 87.0 Å². The van der Waals surface area contributed by atoms with E-state index in [1.54, 1.807) is 19.9 Å². The summed E-state index contributed by atoms with van der Waals surface area (Å²) in [4.78, 5) is 11.6. The average Bonchev–Trinajstić information content (AvgIpc) is 2.43. The average molecular weight is 282 g/mol. The zero-order chi connectivity index (χ0) is 15.3. The van der Waals surface area contributed by atoms with Gasteiger partial charge in [0.25, 0.3) is 0 Å². The molecule has 20 heavy (non-hydrogen) atoms. The Morgan fingerprint density at radius 3 is 2.60 bits per heavy atom. The lowest BCUT2D eigenvalue weighted by Crippen LogP contribution is -2.37. The van der Waals surface area contributed by atoms with Crippen LogP contribution in [-0.2, 0) is 15.1 Å². The first-order valence-electron chi connectivity index (χ1n) is 6.64.